The number of fused-ring (bicyclic) bond motifs is 1. The van der Waals surface area contributed by atoms with Crippen LogP contribution in [0.5, 0.6) is 0 Å². The molecule has 2 aliphatic rings. The molecule has 2 aromatic rings. The monoisotopic (exact) mass is 501 g/mol. The highest BCUT2D eigenvalue weighted by Gasteiger charge is 2.31. The molecule has 0 radical (unpaired) electrons. The molecule has 2 fully saturated rings. The summed E-state index contributed by atoms with van der Waals surface area (Å²) in [5, 5.41) is 3.55. The Hall–Kier alpha value is -3.11. The van der Waals surface area contributed by atoms with Gasteiger partial charge in [-0.1, -0.05) is 0 Å². The van der Waals surface area contributed by atoms with Crippen LogP contribution in [0.3, 0.4) is 0 Å². The van der Waals surface area contributed by atoms with Gasteiger partial charge in [-0.15, -0.1) is 0 Å². The van der Waals surface area contributed by atoms with Crippen molar-refractivity contribution in [2.75, 3.05) is 36.5 Å². The molecule has 2 aromatic heterocycles. The molecule has 2 atom stereocenters. The molecular formula is C25H39N7O4. The van der Waals surface area contributed by atoms with Crippen molar-refractivity contribution in [1.29, 1.82) is 0 Å². The van der Waals surface area contributed by atoms with Crippen molar-refractivity contribution in [2.24, 2.45) is 0 Å². The van der Waals surface area contributed by atoms with E-state index in [4.69, 9.17) is 19.4 Å². The van der Waals surface area contributed by atoms with E-state index in [0.29, 0.717) is 31.5 Å². The Morgan fingerprint density at radius 1 is 1.17 bits per heavy atom. The smallest absolute Gasteiger partial charge is 0.410 e. The van der Waals surface area contributed by atoms with Gasteiger partial charge in [-0.05, 0) is 53.4 Å². The number of piperidine rings is 1. The van der Waals surface area contributed by atoms with Gasteiger partial charge in [0, 0.05) is 51.6 Å². The predicted octanol–water partition coefficient (Wildman–Crippen LogP) is 3.58. The minimum Gasteiger partial charge on any atom is -0.466 e. The zero-order valence-electron chi connectivity index (χ0n) is 22.1. The van der Waals surface area contributed by atoms with Crippen LogP contribution in [0, 0.1) is 0 Å². The third-order valence-electron chi connectivity index (χ3n) is 6.61. The fourth-order valence-corrected chi connectivity index (χ4v) is 4.86. The van der Waals surface area contributed by atoms with E-state index in [0.717, 1.165) is 56.4 Å². The second-order valence-electron chi connectivity index (χ2n) is 10.6. The number of nitrogens with zero attached hydrogens (tertiary/aromatic N) is 6. The summed E-state index contributed by atoms with van der Waals surface area (Å²) in [7, 11) is 0. The summed E-state index contributed by atoms with van der Waals surface area (Å²) in [5.41, 5.74) is 0.991. The minimum absolute atomic E-state index is 0.0383. The molecule has 0 bridgehead atoms. The van der Waals surface area contributed by atoms with Crippen LogP contribution >= 0.6 is 0 Å². The standard InChI is InChI=1S/C25H39N7O4/c1-6-30-16-26-20-21(27-18-10-13-31(15-18)24(34)36-25(3,4)5)28-23(29-22(20)30)32-12-8-7-9-19(32)11-14-35-17(2)33/h16,18-19H,6-15H2,1-5H3,(H,27,28,29)/t18-,19-/m0/s1. The zero-order valence-corrected chi connectivity index (χ0v) is 22.1. The van der Waals surface area contributed by atoms with Crippen molar-refractivity contribution < 1.29 is 19.1 Å². The first kappa shape index (κ1) is 26.0. The normalized spacial score (nSPS) is 20.6. The van der Waals surface area contributed by atoms with Crippen LogP contribution in [-0.2, 0) is 20.8 Å². The van der Waals surface area contributed by atoms with Crippen molar-refractivity contribution in [1.82, 2.24) is 24.4 Å². The number of hydrogen-bond donors (Lipinski definition) is 1. The first-order chi connectivity index (χ1) is 17.1. The van der Waals surface area contributed by atoms with Gasteiger partial charge in [0.1, 0.15) is 5.60 Å². The maximum Gasteiger partial charge on any atom is 0.410 e. The number of likely N-dealkylation sites (tertiary alicyclic amines) is 1. The van der Waals surface area contributed by atoms with Gasteiger partial charge in [0.15, 0.2) is 17.0 Å². The van der Waals surface area contributed by atoms with Crippen LogP contribution in [0.15, 0.2) is 6.33 Å². The highest BCUT2D eigenvalue weighted by Crippen LogP contribution is 2.29. The van der Waals surface area contributed by atoms with Gasteiger partial charge in [0.25, 0.3) is 0 Å². The Labute approximate surface area is 212 Å². The molecule has 0 spiro atoms. The number of carbonyl (C=O) groups is 2. The van der Waals surface area contributed by atoms with E-state index >= 15 is 0 Å². The molecule has 1 N–H and O–H groups in total. The van der Waals surface area contributed by atoms with Gasteiger partial charge in [-0.3, -0.25) is 4.79 Å². The van der Waals surface area contributed by atoms with Crippen LogP contribution in [0.25, 0.3) is 11.2 Å². The van der Waals surface area contributed by atoms with Gasteiger partial charge in [0.05, 0.1) is 12.9 Å². The lowest BCUT2D eigenvalue weighted by atomic mass is 10.00. The van der Waals surface area contributed by atoms with Gasteiger partial charge in [-0.25, -0.2) is 9.78 Å². The molecular weight excluding hydrogens is 462 g/mol. The van der Waals surface area contributed by atoms with Gasteiger partial charge in [-0.2, -0.15) is 9.97 Å². The average Bonchev–Trinajstić information content (AvgIpc) is 3.45. The molecule has 1 amide bonds. The quantitative estimate of drug-likeness (QED) is 0.569. The molecule has 11 heteroatoms. The highest BCUT2D eigenvalue weighted by molar-refractivity contribution is 5.84. The van der Waals surface area contributed by atoms with Crippen molar-refractivity contribution >= 4 is 35.0 Å². The summed E-state index contributed by atoms with van der Waals surface area (Å²) in [6, 6.07) is 0.243. The lowest BCUT2D eigenvalue weighted by Gasteiger charge is -2.36. The van der Waals surface area contributed by atoms with E-state index in [1.165, 1.54) is 6.92 Å². The number of esters is 1. The second kappa shape index (κ2) is 10.9. The Morgan fingerprint density at radius 3 is 2.69 bits per heavy atom. The summed E-state index contributed by atoms with van der Waals surface area (Å²) >= 11 is 0. The Balaban J connectivity index is 1.56. The SMILES string of the molecule is CCn1cnc2c(N[C@H]3CCN(C(=O)OC(C)(C)C)C3)nc(N3CCCC[C@H]3CCOC(C)=O)nc21. The number of anilines is 2. The average molecular weight is 502 g/mol. The molecule has 198 valence electrons. The Morgan fingerprint density at radius 2 is 1.97 bits per heavy atom. The fourth-order valence-electron chi connectivity index (χ4n) is 4.86. The summed E-state index contributed by atoms with van der Waals surface area (Å²) in [4.78, 5) is 42.2. The number of amides is 1. The van der Waals surface area contributed by atoms with Crippen LogP contribution in [0.4, 0.5) is 16.6 Å². The first-order valence-electron chi connectivity index (χ1n) is 13.0. The van der Waals surface area contributed by atoms with Crippen LogP contribution < -0.4 is 10.2 Å². The van der Waals surface area contributed by atoms with E-state index in [-0.39, 0.29) is 24.1 Å². The molecule has 2 aliphatic heterocycles. The molecule has 0 saturated carbocycles. The molecule has 4 rings (SSSR count). The van der Waals surface area contributed by atoms with Gasteiger partial charge >= 0.3 is 12.1 Å². The maximum absolute atomic E-state index is 12.5. The zero-order chi connectivity index (χ0) is 25.9. The van der Waals surface area contributed by atoms with Gasteiger partial charge < -0.3 is 29.2 Å². The van der Waals surface area contributed by atoms with E-state index in [9.17, 15) is 9.59 Å². The molecule has 11 nitrogen and oxygen atoms in total. The number of ether oxygens (including phenoxy) is 2. The minimum atomic E-state index is -0.524. The first-order valence-corrected chi connectivity index (χ1v) is 13.0. The Bertz CT molecular complexity index is 1080. The predicted molar refractivity (Wildman–Crippen MR) is 137 cm³/mol. The third kappa shape index (κ3) is 6.17. The third-order valence-corrected chi connectivity index (χ3v) is 6.61. The molecule has 0 aliphatic carbocycles. The number of rotatable bonds is 7. The van der Waals surface area contributed by atoms with Crippen LogP contribution in [0.1, 0.15) is 66.7 Å². The maximum atomic E-state index is 12.5. The Kier molecular flexibility index (Phi) is 7.85. The largest absolute Gasteiger partial charge is 0.466 e. The van der Waals surface area contributed by atoms with Crippen molar-refractivity contribution in [3.05, 3.63) is 6.33 Å². The number of nitrogens with one attached hydrogen (secondary N) is 1. The lowest BCUT2D eigenvalue weighted by Crippen LogP contribution is -2.41. The van der Waals surface area contributed by atoms with Crippen molar-refractivity contribution in [3.63, 3.8) is 0 Å². The summed E-state index contributed by atoms with van der Waals surface area (Å²) in [5.74, 6) is 1.09. The van der Waals surface area contributed by atoms with E-state index in [1.807, 2.05) is 25.3 Å². The fraction of sp³-hybridized carbons (Fsp3) is 0.720. The second-order valence-corrected chi connectivity index (χ2v) is 10.6. The molecule has 0 aromatic carbocycles. The van der Waals surface area contributed by atoms with Crippen LogP contribution in [0.2, 0.25) is 0 Å². The van der Waals surface area contributed by atoms with E-state index < -0.39 is 5.60 Å². The number of carbonyl (C=O) groups excluding carboxylic acids is 2. The lowest BCUT2D eigenvalue weighted by molar-refractivity contribution is -0.141. The molecule has 2 saturated heterocycles. The number of aromatic nitrogens is 4. The number of aryl methyl sites for hydroxylation is 1. The topological polar surface area (TPSA) is 115 Å². The summed E-state index contributed by atoms with van der Waals surface area (Å²) in [6.07, 6.45) is 6.24. The van der Waals surface area contributed by atoms with Gasteiger partial charge in [0.2, 0.25) is 5.95 Å². The molecule has 36 heavy (non-hydrogen) atoms. The highest BCUT2D eigenvalue weighted by atomic mass is 16.6. The number of imidazole rings is 1. The summed E-state index contributed by atoms with van der Waals surface area (Å²) in [6.45, 7) is 12.3. The van der Waals surface area contributed by atoms with Crippen LogP contribution in [-0.4, -0.2) is 80.4 Å². The number of hydrogen-bond acceptors (Lipinski definition) is 9. The van der Waals surface area contributed by atoms with E-state index in [2.05, 4.69) is 22.1 Å². The summed E-state index contributed by atoms with van der Waals surface area (Å²) < 4.78 is 12.8. The molecule has 4 heterocycles. The molecule has 0 unspecified atom stereocenters. The van der Waals surface area contributed by atoms with Crippen molar-refractivity contribution in [2.45, 2.75) is 91.0 Å². The van der Waals surface area contributed by atoms with E-state index in [1.54, 1.807) is 11.2 Å². The van der Waals surface area contributed by atoms with Crippen molar-refractivity contribution in [3.8, 4) is 0 Å².